The van der Waals surface area contributed by atoms with Gasteiger partial charge in [0.2, 0.25) is 0 Å². The molecule has 4 heteroatoms. The van der Waals surface area contributed by atoms with Crippen molar-refractivity contribution in [1.82, 2.24) is 4.90 Å². The molecule has 0 spiro atoms. The lowest BCUT2D eigenvalue weighted by Gasteiger charge is -2.32. The number of carbonyl (C=O) groups excluding carboxylic acids is 1. The monoisotopic (exact) mass is 375 g/mol. The molecule has 3 rings (SSSR count). The fraction of sp³-hybridized carbons (Fsp3) is 0.316. The van der Waals surface area contributed by atoms with Crippen LogP contribution in [0.15, 0.2) is 53.0 Å². The van der Waals surface area contributed by atoms with E-state index in [1.807, 2.05) is 11.0 Å². The summed E-state index contributed by atoms with van der Waals surface area (Å²) >= 11 is 3.28. The van der Waals surface area contributed by atoms with Gasteiger partial charge in [0.15, 0.2) is 0 Å². The van der Waals surface area contributed by atoms with Crippen molar-refractivity contribution in [2.45, 2.75) is 19.3 Å². The Labute approximate surface area is 144 Å². The molecule has 0 atom stereocenters. The van der Waals surface area contributed by atoms with Crippen LogP contribution < -0.4 is 0 Å². The van der Waals surface area contributed by atoms with E-state index in [1.54, 1.807) is 6.07 Å². The third-order valence-electron chi connectivity index (χ3n) is 4.43. The SMILES string of the molecule is O=C(c1ccc(F)cc1Br)N1CCC(Cc2ccccc2)CC1. The molecule has 0 saturated carbocycles. The first-order valence-electron chi connectivity index (χ1n) is 7.92. The molecule has 0 radical (unpaired) electrons. The fourth-order valence-corrected chi connectivity index (χ4v) is 3.64. The summed E-state index contributed by atoms with van der Waals surface area (Å²) in [5.74, 6) is 0.267. The highest BCUT2D eigenvalue weighted by atomic mass is 79.9. The molecule has 1 heterocycles. The minimum absolute atomic E-state index is 0.0185. The van der Waals surface area contributed by atoms with Crippen molar-refractivity contribution in [1.29, 1.82) is 0 Å². The molecule has 1 fully saturated rings. The number of piperidine rings is 1. The van der Waals surface area contributed by atoms with E-state index in [2.05, 4.69) is 40.2 Å². The van der Waals surface area contributed by atoms with Gasteiger partial charge in [-0.2, -0.15) is 0 Å². The Morgan fingerprint density at radius 2 is 1.83 bits per heavy atom. The van der Waals surface area contributed by atoms with Crippen LogP contribution in [0.4, 0.5) is 4.39 Å². The lowest BCUT2D eigenvalue weighted by Crippen LogP contribution is -2.39. The molecule has 23 heavy (non-hydrogen) atoms. The lowest BCUT2D eigenvalue weighted by molar-refractivity contribution is 0.0689. The lowest BCUT2D eigenvalue weighted by atomic mass is 9.90. The smallest absolute Gasteiger partial charge is 0.255 e. The Balaban J connectivity index is 1.59. The molecule has 1 aliphatic heterocycles. The zero-order valence-corrected chi connectivity index (χ0v) is 14.4. The average molecular weight is 376 g/mol. The average Bonchev–Trinajstić information content (AvgIpc) is 2.56. The Kier molecular flexibility index (Phi) is 5.11. The maximum atomic E-state index is 13.2. The second kappa shape index (κ2) is 7.26. The number of likely N-dealkylation sites (tertiary alicyclic amines) is 1. The van der Waals surface area contributed by atoms with Crippen LogP contribution in [0.25, 0.3) is 0 Å². The molecule has 0 unspecified atom stereocenters. The normalized spacial score (nSPS) is 15.7. The number of hydrogen-bond donors (Lipinski definition) is 0. The van der Waals surface area contributed by atoms with Gasteiger partial charge in [0.1, 0.15) is 5.82 Å². The third kappa shape index (κ3) is 3.99. The van der Waals surface area contributed by atoms with Gasteiger partial charge in [0.05, 0.1) is 5.56 Å². The Morgan fingerprint density at radius 3 is 2.48 bits per heavy atom. The first kappa shape index (κ1) is 16.2. The summed E-state index contributed by atoms with van der Waals surface area (Å²) in [5.41, 5.74) is 1.89. The van der Waals surface area contributed by atoms with Gasteiger partial charge in [-0.05, 0) is 64.9 Å². The number of benzene rings is 2. The van der Waals surface area contributed by atoms with Crippen molar-refractivity contribution < 1.29 is 9.18 Å². The van der Waals surface area contributed by atoms with Gasteiger partial charge in [-0.15, -0.1) is 0 Å². The summed E-state index contributed by atoms with van der Waals surface area (Å²) in [6.45, 7) is 1.53. The Morgan fingerprint density at radius 1 is 1.13 bits per heavy atom. The summed E-state index contributed by atoms with van der Waals surface area (Å²) in [6, 6.07) is 14.7. The number of hydrogen-bond acceptors (Lipinski definition) is 1. The quantitative estimate of drug-likeness (QED) is 0.762. The van der Waals surface area contributed by atoms with Gasteiger partial charge in [-0.25, -0.2) is 4.39 Å². The summed E-state index contributed by atoms with van der Waals surface area (Å²) in [5, 5.41) is 0. The van der Waals surface area contributed by atoms with E-state index in [9.17, 15) is 9.18 Å². The van der Waals surface area contributed by atoms with Crippen molar-refractivity contribution in [3.05, 3.63) is 69.9 Å². The first-order chi connectivity index (χ1) is 11.1. The molecule has 0 aliphatic carbocycles. The molecule has 0 N–H and O–H groups in total. The summed E-state index contributed by atoms with van der Waals surface area (Å²) < 4.78 is 13.7. The molecule has 1 aliphatic rings. The molecule has 2 aromatic carbocycles. The van der Waals surface area contributed by atoms with Crippen molar-refractivity contribution in [2.75, 3.05) is 13.1 Å². The molecule has 0 bridgehead atoms. The van der Waals surface area contributed by atoms with Crippen LogP contribution in [0, 0.1) is 11.7 Å². The number of nitrogens with zero attached hydrogens (tertiary/aromatic N) is 1. The Hall–Kier alpha value is -1.68. The van der Waals surface area contributed by atoms with Crippen molar-refractivity contribution >= 4 is 21.8 Å². The van der Waals surface area contributed by atoms with E-state index in [4.69, 9.17) is 0 Å². The Bertz CT molecular complexity index is 681. The van der Waals surface area contributed by atoms with E-state index in [0.29, 0.717) is 16.0 Å². The molecule has 2 nitrogen and oxygen atoms in total. The van der Waals surface area contributed by atoms with E-state index in [0.717, 1.165) is 32.4 Å². The van der Waals surface area contributed by atoms with Crippen LogP contribution in [-0.4, -0.2) is 23.9 Å². The van der Waals surface area contributed by atoms with Crippen molar-refractivity contribution in [3.8, 4) is 0 Å². The predicted molar refractivity (Wildman–Crippen MR) is 92.9 cm³/mol. The molecular formula is C19H19BrFNO. The highest BCUT2D eigenvalue weighted by Gasteiger charge is 2.24. The minimum Gasteiger partial charge on any atom is -0.339 e. The van der Waals surface area contributed by atoms with Gasteiger partial charge in [0, 0.05) is 17.6 Å². The molecule has 0 aromatic heterocycles. The van der Waals surface area contributed by atoms with E-state index < -0.39 is 0 Å². The molecular weight excluding hydrogens is 357 g/mol. The van der Waals surface area contributed by atoms with Gasteiger partial charge in [0.25, 0.3) is 5.91 Å². The highest BCUT2D eigenvalue weighted by Crippen LogP contribution is 2.25. The fourth-order valence-electron chi connectivity index (χ4n) is 3.12. The topological polar surface area (TPSA) is 20.3 Å². The number of carbonyl (C=O) groups is 1. The van der Waals surface area contributed by atoms with Crippen molar-refractivity contribution in [3.63, 3.8) is 0 Å². The van der Waals surface area contributed by atoms with Gasteiger partial charge >= 0.3 is 0 Å². The highest BCUT2D eigenvalue weighted by molar-refractivity contribution is 9.10. The maximum absolute atomic E-state index is 13.2. The summed E-state index contributed by atoms with van der Waals surface area (Å²) in [4.78, 5) is 14.4. The minimum atomic E-state index is -0.338. The van der Waals surface area contributed by atoms with Gasteiger partial charge < -0.3 is 4.90 Å². The largest absolute Gasteiger partial charge is 0.339 e. The predicted octanol–water partition coefficient (Wildman–Crippen LogP) is 4.68. The van der Waals surface area contributed by atoms with Crippen LogP contribution in [0.5, 0.6) is 0 Å². The van der Waals surface area contributed by atoms with Crippen molar-refractivity contribution in [2.24, 2.45) is 5.92 Å². The first-order valence-corrected chi connectivity index (χ1v) is 8.71. The summed E-state index contributed by atoms with van der Waals surface area (Å²) in [7, 11) is 0. The zero-order valence-electron chi connectivity index (χ0n) is 12.8. The van der Waals surface area contributed by atoms with E-state index >= 15 is 0 Å². The molecule has 1 saturated heterocycles. The summed E-state index contributed by atoms with van der Waals surface area (Å²) in [6.07, 6.45) is 3.10. The second-order valence-electron chi connectivity index (χ2n) is 6.05. The van der Waals surface area contributed by atoms with Gasteiger partial charge in [-0.1, -0.05) is 30.3 Å². The van der Waals surface area contributed by atoms with Crippen LogP contribution in [0.3, 0.4) is 0 Å². The molecule has 1 amide bonds. The standard InChI is InChI=1S/C19H19BrFNO/c20-18-13-16(21)6-7-17(18)19(23)22-10-8-15(9-11-22)12-14-4-2-1-3-5-14/h1-7,13,15H,8-12H2. The number of rotatable bonds is 3. The maximum Gasteiger partial charge on any atom is 0.255 e. The van der Waals surface area contributed by atoms with Crippen LogP contribution in [0.1, 0.15) is 28.8 Å². The third-order valence-corrected chi connectivity index (χ3v) is 5.09. The zero-order chi connectivity index (χ0) is 16.2. The molecule has 2 aromatic rings. The number of halogens is 2. The second-order valence-corrected chi connectivity index (χ2v) is 6.90. The van der Waals surface area contributed by atoms with E-state index in [1.165, 1.54) is 17.7 Å². The van der Waals surface area contributed by atoms with Crippen LogP contribution in [0.2, 0.25) is 0 Å². The van der Waals surface area contributed by atoms with Gasteiger partial charge in [-0.3, -0.25) is 4.79 Å². The van der Waals surface area contributed by atoms with Crippen LogP contribution in [-0.2, 0) is 6.42 Å². The van der Waals surface area contributed by atoms with Crippen LogP contribution >= 0.6 is 15.9 Å². The number of amides is 1. The molecule has 120 valence electrons. The van der Waals surface area contributed by atoms with E-state index in [-0.39, 0.29) is 11.7 Å².